The number of cyclic esters (lactones) is 1. The van der Waals surface area contributed by atoms with Crippen molar-refractivity contribution in [2.24, 2.45) is 11.8 Å². The molecule has 4 atom stereocenters. The Morgan fingerprint density at radius 1 is 1.15 bits per heavy atom. The molecule has 1 aromatic carbocycles. The van der Waals surface area contributed by atoms with E-state index in [9.17, 15) is 14.4 Å². The maximum absolute atomic E-state index is 13.3. The molecule has 2 aromatic rings. The van der Waals surface area contributed by atoms with Crippen LogP contribution in [-0.2, 0) is 30.2 Å². The van der Waals surface area contributed by atoms with Crippen LogP contribution < -0.4 is 14.8 Å². The minimum Gasteiger partial charge on any atom is -0.493 e. The first-order valence-corrected chi connectivity index (χ1v) is 14.2. The molecule has 1 saturated heterocycles. The first kappa shape index (κ1) is 31.9. The van der Waals surface area contributed by atoms with Crippen molar-refractivity contribution >= 4 is 17.8 Å². The summed E-state index contributed by atoms with van der Waals surface area (Å²) in [5.41, 5.74) is 1.11. The van der Waals surface area contributed by atoms with E-state index in [1.165, 1.54) is 31.9 Å². The van der Waals surface area contributed by atoms with Gasteiger partial charge in [-0.2, -0.15) is 0 Å². The molecule has 0 aliphatic carbocycles. The number of hydrogen-bond acceptors (Lipinski definition) is 9. The molecule has 0 saturated carbocycles. The van der Waals surface area contributed by atoms with Gasteiger partial charge in [0.25, 0.3) is 5.91 Å². The lowest BCUT2D eigenvalue weighted by molar-refractivity contribution is -0.154. The summed E-state index contributed by atoms with van der Waals surface area (Å²) in [6.45, 7) is 7.32. The standard InChI is InChI=1S/C31H42N2O8/c1-20(2)11-13-24-21(3)41-31(36)25(16-18-38-26(24)14-12-23-9-7-6-8-10-23)33-30(35)28-29(40-19-39-22(4)34)27(37-5)15-17-32-28/h6-10,15,17,20-21,24-26H,11-14,16,18-19H2,1-5H3,(H,33,35)/t21-,24-,25-,26+/m0/s1. The first-order chi connectivity index (χ1) is 19.7. The smallest absolute Gasteiger partial charge is 0.329 e. The highest BCUT2D eigenvalue weighted by Gasteiger charge is 2.35. The van der Waals surface area contributed by atoms with Crippen LogP contribution in [-0.4, -0.2) is 61.6 Å². The van der Waals surface area contributed by atoms with Crippen LogP contribution in [0.15, 0.2) is 42.6 Å². The summed E-state index contributed by atoms with van der Waals surface area (Å²) in [6.07, 6.45) is 4.59. The number of benzene rings is 1. The quantitative estimate of drug-likeness (QED) is 0.290. The number of carbonyl (C=O) groups is 3. The van der Waals surface area contributed by atoms with Gasteiger partial charge in [-0.25, -0.2) is 9.78 Å². The van der Waals surface area contributed by atoms with Gasteiger partial charge in [-0.3, -0.25) is 9.59 Å². The number of aromatic nitrogens is 1. The summed E-state index contributed by atoms with van der Waals surface area (Å²) in [5.74, 6) is -1.01. The fourth-order valence-corrected chi connectivity index (χ4v) is 4.85. The highest BCUT2D eigenvalue weighted by atomic mass is 16.7. The van der Waals surface area contributed by atoms with Gasteiger partial charge in [0.05, 0.1) is 13.2 Å². The van der Waals surface area contributed by atoms with Crippen molar-refractivity contribution < 1.29 is 38.1 Å². The Bertz CT molecular complexity index is 1140. The summed E-state index contributed by atoms with van der Waals surface area (Å²) in [7, 11) is 1.41. The van der Waals surface area contributed by atoms with Crippen LogP contribution in [0.2, 0.25) is 0 Å². The molecule has 1 fully saturated rings. The Morgan fingerprint density at radius 2 is 1.90 bits per heavy atom. The number of nitrogens with zero attached hydrogens (tertiary/aromatic N) is 1. The lowest BCUT2D eigenvalue weighted by atomic mass is 9.86. The molecule has 2 heterocycles. The van der Waals surface area contributed by atoms with E-state index < -0.39 is 36.8 Å². The topological polar surface area (TPSA) is 122 Å². The fraction of sp³-hybridized carbons (Fsp3) is 0.548. The maximum atomic E-state index is 13.3. The highest BCUT2D eigenvalue weighted by molar-refractivity contribution is 5.98. The van der Waals surface area contributed by atoms with E-state index >= 15 is 0 Å². The Morgan fingerprint density at radius 3 is 2.59 bits per heavy atom. The van der Waals surface area contributed by atoms with Gasteiger partial charge in [0.1, 0.15) is 12.1 Å². The van der Waals surface area contributed by atoms with Gasteiger partial charge in [-0.1, -0.05) is 50.6 Å². The number of amides is 1. The number of rotatable bonds is 12. The zero-order chi connectivity index (χ0) is 29.8. The third-order valence-corrected chi connectivity index (χ3v) is 7.12. The predicted octanol–water partition coefficient (Wildman–Crippen LogP) is 4.49. The summed E-state index contributed by atoms with van der Waals surface area (Å²) in [6, 6.07) is 10.8. The minimum atomic E-state index is -0.960. The number of carbonyl (C=O) groups excluding carboxylic acids is 3. The van der Waals surface area contributed by atoms with Crippen molar-refractivity contribution in [3.05, 3.63) is 53.9 Å². The van der Waals surface area contributed by atoms with Crippen LogP contribution in [0.1, 0.15) is 69.4 Å². The fourth-order valence-electron chi connectivity index (χ4n) is 4.85. The Labute approximate surface area is 242 Å². The third kappa shape index (κ3) is 9.74. The van der Waals surface area contributed by atoms with Crippen LogP contribution in [0.3, 0.4) is 0 Å². The van der Waals surface area contributed by atoms with Gasteiger partial charge in [-0.05, 0) is 37.7 Å². The van der Waals surface area contributed by atoms with Crippen molar-refractivity contribution in [2.45, 2.75) is 78.0 Å². The van der Waals surface area contributed by atoms with E-state index in [2.05, 4.69) is 36.3 Å². The molecular formula is C31H42N2O8. The Kier molecular flexibility index (Phi) is 12.4. The van der Waals surface area contributed by atoms with E-state index in [0.29, 0.717) is 5.92 Å². The zero-order valence-corrected chi connectivity index (χ0v) is 24.6. The van der Waals surface area contributed by atoms with Crippen LogP contribution in [0.5, 0.6) is 11.5 Å². The van der Waals surface area contributed by atoms with E-state index in [1.807, 2.05) is 25.1 Å². The molecule has 0 bridgehead atoms. The van der Waals surface area contributed by atoms with Crippen LogP contribution in [0, 0.1) is 11.8 Å². The van der Waals surface area contributed by atoms with Gasteiger partial charge in [0.2, 0.25) is 6.79 Å². The summed E-state index contributed by atoms with van der Waals surface area (Å²) in [4.78, 5) is 41.9. The highest BCUT2D eigenvalue weighted by Crippen LogP contribution is 2.31. The van der Waals surface area contributed by atoms with Crippen molar-refractivity contribution in [2.75, 3.05) is 20.5 Å². The molecule has 1 N–H and O–H groups in total. The molecule has 1 aromatic heterocycles. The molecule has 10 nitrogen and oxygen atoms in total. The Balaban J connectivity index is 1.76. The van der Waals surface area contributed by atoms with Crippen LogP contribution >= 0.6 is 0 Å². The monoisotopic (exact) mass is 570 g/mol. The molecule has 224 valence electrons. The number of ether oxygens (including phenoxy) is 5. The van der Waals surface area contributed by atoms with Gasteiger partial charge >= 0.3 is 11.9 Å². The van der Waals surface area contributed by atoms with Gasteiger partial charge in [0, 0.05) is 38.1 Å². The number of aryl methyl sites for hydroxylation is 1. The molecule has 0 spiro atoms. The molecule has 1 amide bonds. The van der Waals surface area contributed by atoms with Crippen molar-refractivity contribution in [1.82, 2.24) is 10.3 Å². The van der Waals surface area contributed by atoms with Gasteiger partial charge in [0.15, 0.2) is 17.2 Å². The third-order valence-electron chi connectivity index (χ3n) is 7.12. The molecule has 0 radical (unpaired) electrons. The van der Waals surface area contributed by atoms with Crippen LogP contribution in [0.4, 0.5) is 0 Å². The van der Waals surface area contributed by atoms with E-state index in [0.717, 1.165) is 25.7 Å². The zero-order valence-electron chi connectivity index (χ0n) is 24.6. The predicted molar refractivity (Wildman–Crippen MR) is 152 cm³/mol. The molecule has 10 heteroatoms. The summed E-state index contributed by atoms with van der Waals surface area (Å²) >= 11 is 0. The largest absolute Gasteiger partial charge is 0.493 e. The van der Waals surface area contributed by atoms with Crippen LogP contribution in [0.25, 0.3) is 0 Å². The second-order valence-electron chi connectivity index (χ2n) is 10.6. The molecule has 41 heavy (non-hydrogen) atoms. The molecular weight excluding hydrogens is 528 g/mol. The van der Waals surface area contributed by atoms with E-state index in [-0.39, 0.29) is 42.2 Å². The maximum Gasteiger partial charge on any atom is 0.329 e. The summed E-state index contributed by atoms with van der Waals surface area (Å²) < 4.78 is 28.0. The lowest BCUT2D eigenvalue weighted by Crippen LogP contribution is -2.44. The average Bonchev–Trinajstić information content (AvgIpc) is 2.99. The number of pyridine rings is 1. The second-order valence-corrected chi connectivity index (χ2v) is 10.6. The molecule has 1 aliphatic rings. The number of hydrogen-bond donors (Lipinski definition) is 1. The van der Waals surface area contributed by atoms with Gasteiger partial charge in [-0.15, -0.1) is 0 Å². The molecule has 0 unspecified atom stereocenters. The Hall–Kier alpha value is -3.66. The molecule has 1 aliphatic heterocycles. The van der Waals surface area contributed by atoms with E-state index in [4.69, 9.17) is 23.7 Å². The second kappa shape index (κ2) is 16.0. The summed E-state index contributed by atoms with van der Waals surface area (Å²) in [5, 5.41) is 2.73. The number of methoxy groups -OCH3 is 1. The van der Waals surface area contributed by atoms with Crippen molar-refractivity contribution in [3.63, 3.8) is 0 Å². The average molecular weight is 571 g/mol. The van der Waals surface area contributed by atoms with Crippen molar-refractivity contribution in [3.8, 4) is 11.5 Å². The number of esters is 2. The molecule has 3 rings (SSSR count). The van der Waals surface area contributed by atoms with Gasteiger partial charge < -0.3 is 29.0 Å². The SMILES string of the molecule is COc1ccnc(C(=O)N[C@H]2CCO[C@H](CCc3ccccc3)[C@@H](CCC(C)C)[C@H](C)OC2=O)c1OCOC(C)=O. The van der Waals surface area contributed by atoms with E-state index in [1.54, 1.807) is 0 Å². The van der Waals surface area contributed by atoms with Crippen molar-refractivity contribution in [1.29, 1.82) is 0 Å². The minimum absolute atomic E-state index is 0.00970. The normalized spacial score (nSPS) is 21.2. The number of nitrogens with one attached hydrogen (secondary N) is 1. The lowest BCUT2D eigenvalue weighted by Gasteiger charge is -2.31. The first-order valence-electron chi connectivity index (χ1n) is 14.2.